The standard InChI is InChI=1S/C130H101BN4O/c1-125(2,3)90-62-70-112(97(78-90)83-59-66-104-99(74-83)94-45-23-26-48-102(94)129(104,86-37-15-11-16-38-86)87-39-17-12-18-40-87)134-118-80-92(132-114-54-32-28-50-106(114)127(7,8)107-51-29-33-55-115(107)132)64-68-110(118)131-111-69-65-93(133-116-56-34-30-52-108(116)128(9,10)109-53-31-35-57-117(109)133)81-119(111)135(121-77-85(76-120(134)124(121)131)82-61-72-123-101(73-82)96-47-25-36-58-122(96)136-123)113-71-63-91(126(4,5)6)79-98(113)84-60-67-105-100(75-84)95-46-24-27-49-103(95)130(105,88-41-19-13-20-42-88)89-43-21-14-22-44-89/h11-81H,1-10H3. The van der Waals surface area contributed by atoms with Gasteiger partial charge in [0.1, 0.15) is 11.2 Å². The van der Waals surface area contributed by atoms with Gasteiger partial charge in [-0.2, -0.15) is 0 Å². The summed E-state index contributed by atoms with van der Waals surface area (Å²) in [6.07, 6.45) is 0. The van der Waals surface area contributed by atoms with Crippen LogP contribution in [-0.4, -0.2) is 6.71 Å². The van der Waals surface area contributed by atoms with E-state index >= 15 is 0 Å². The maximum atomic E-state index is 6.82. The Labute approximate surface area is 797 Å². The van der Waals surface area contributed by atoms with Crippen molar-refractivity contribution in [3.63, 3.8) is 0 Å². The zero-order valence-electron chi connectivity index (χ0n) is 78.3. The Balaban J connectivity index is 0.795. The number of para-hydroxylation sites is 5. The maximum absolute atomic E-state index is 6.82. The Morgan fingerprint density at radius 3 is 0.971 bits per heavy atom. The average Bonchev–Trinajstić information content (AvgIpc) is 0.740. The van der Waals surface area contributed by atoms with Crippen molar-refractivity contribution >= 4 is 113 Å². The van der Waals surface area contributed by atoms with Crippen LogP contribution in [0, 0.1) is 0 Å². The minimum atomic E-state index is -0.607. The average molecular weight is 1750 g/mol. The molecule has 26 rings (SSSR count). The van der Waals surface area contributed by atoms with E-state index in [1.165, 1.54) is 139 Å². The molecule has 0 amide bonds. The summed E-state index contributed by atoms with van der Waals surface area (Å²) in [4.78, 5) is 10.6. The highest BCUT2D eigenvalue weighted by Crippen LogP contribution is 2.63. The second-order valence-electron chi connectivity index (χ2n) is 41.4. The van der Waals surface area contributed by atoms with Gasteiger partial charge in [0.05, 0.1) is 45.0 Å². The monoisotopic (exact) mass is 1740 g/mol. The number of nitrogens with zero attached hydrogens (tertiary/aromatic N) is 4. The van der Waals surface area contributed by atoms with Crippen LogP contribution in [0.1, 0.15) is 147 Å². The summed E-state index contributed by atoms with van der Waals surface area (Å²) in [5, 5.41) is 2.14. The van der Waals surface area contributed by atoms with Gasteiger partial charge in [0.15, 0.2) is 0 Å². The third-order valence-corrected chi connectivity index (χ3v) is 31.3. The van der Waals surface area contributed by atoms with Crippen LogP contribution in [0.4, 0.5) is 68.2 Å². The van der Waals surface area contributed by atoms with Gasteiger partial charge in [-0.1, -0.05) is 385 Å². The largest absolute Gasteiger partial charge is 0.456 e. The van der Waals surface area contributed by atoms with Crippen LogP contribution in [0.3, 0.4) is 0 Å². The van der Waals surface area contributed by atoms with Gasteiger partial charge in [0, 0.05) is 66.9 Å². The molecule has 5 heterocycles. The lowest BCUT2D eigenvalue weighted by molar-refractivity contribution is 0.590. The summed E-state index contributed by atoms with van der Waals surface area (Å²) in [7, 11) is 0. The van der Waals surface area contributed by atoms with E-state index in [-0.39, 0.29) is 28.4 Å². The Bertz CT molecular complexity index is 7750. The quantitative estimate of drug-likeness (QED) is 0.120. The topological polar surface area (TPSA) is 26.1 Å². The predicted molar refractivity (Wildman–Crippen MR) is 570 cm³/mol. The van der Waals surface area contributed by atoms with E-state index in [4.69, 9.17) is 4.42 Å². The first-order valence-corrected chi connectivity index (χ1v) is 48.2. The van der Waals surface area contributed by atoms with Crippen molar-refractivity contribution in [3.05, 3.63) is 509 Å². The fraction of sp³-hybridized carbons (Fsp3) is 0.123. The zero-order valence-corrected chi connectivity index (χ0v) is 78.3. The maximum Gasteiger partial charge on any atom is 0.252 e. The molecule has 0 saturated heterocycles. The van der Waals surface area contributed by atoms with Crippen LogP contribution in [-0.2, 0) is 32.5 Å². The van der Waals surface area contributed by atoms with Crippen molar-refractivity contribution in [2.24, 2.45) is 0 Å². The molecule has 136 heavy (non-hydrogen) atoms. The molecule has 0 spiro atoms. The molecule has 0 unspecified atom stereocenters. The fourth-order valence-corrected chi connectivity index (χ4v) is 24.8. The van der Waals surface area contributed by atoms with E-state index < -0.39 is 10.8 Å². The van der Waals surface area contributed by atoms with Crippen molar-refractivity contribution in [2.45, 2.75) is 102 Å². The van der Waals surface area contributed by atoms with Gasteiger partial charge in [0.2, 0.25) is 0 Å². The third kappa shape index (κ3) is 11.7. The van der Waals surface area contributed by atoms with Crippen LogP contribution in [0.2, 0.25) is 0 Å². The predicted octanol–water partition coefficient (Wildman–Crippen LogP) is 32.2. The van der Waals surface area contributed by atoms with E-state index in [0.29, 0.717) is 0 Å². The molecule has 2 aliphatic carbocycles. The summed E-state index contributed by atoms with van der Waals surface area (Å²) >= 11 is 0. The van der Waals surface area contributed by atoms with Gasteiger partial charge < -0.3 is 24.0 Å². The number of hydrogen-bond acceptors (Lipinski definition) is 5. The fourth-order valence-electron chi connectivity index (χ4n) is 24.8. The first kappa shape index (κ1) is 81.0. The van der Waals surface area contributed by atoms with Crippen LogP contribution in [0.5, 0.6) is 0 Å². The molecule has 19 aromatic carbocycles. The molecule has 6 heteroatoms. The van der Waals surface area contributed by atoms with E-state index in [0.717, 1.165) is 101 Å². The number of benzene rings is 19. The van der Waals surface area contributed by atoms with Crippen molar-refractivity contribution in [1.29, 1.82) is 0 Å². The number of fused-ring (bicyclic) bond motifs is 17. The smallest absolute Gasteiger partial charge is 0.252 e. The second-order valence-corrected chi connectivity index (χ2v) is 41.4. The molecule has 650 valence electrons. The molecule has 20 aromatic rings. The highest BCUT2D eigenvalue weighted by molar-refractivity contribution is 7.00. The van der Waals surface area contributed by atoms with Gasteiger partial charge in [-0.15, -0.1) is 0 Å². The van der Waals surface area contributed by atoms with E-state index in [1.807, 2.05) is 0 Å². The number of hydrogen-bond donors (Lipinski definition) is 0. The van der Waals surface area contributed by atoms with Gasteiger partial charge >= 0.3 is 0 Å². The molecular formula is C130H101BN4O. The minimum absolute atomic E-state index is 0.255. The van der Waals surface area contributed by atoms with Gasteiger partial charge in [-0.3, -0.25) is 0 Å². The summed E-state index contributed by atoms with van der Waals surface area (Å²) in [5.41, 5.74) is 45.5. The Kier molecular flexibility index (Phi) is 17.8. The molecule has 0 fully saturated rings. The Morgan fingerprint density at radius 1 is 0.221 bits per heavy atom. The van der Waals surface area contributed by atoms with Crippen molar-refractivity contribution in [1.82, 2.24) is 0 Å². The lowest BCUT2D eigenvalue weighted by Gasteiger charge is -2.47. The molecular weight excluding hydrogens is 1640 g/mol. The lowest BCUT2D eigenvalue weighted by Crippen LogP contribution is -2.61. The van der Waals surface area contributed by atoms with E-state index in [9.17, 15) is 0 Å². The number of anilines is 12. The van der Waals surface area contributed by atoms with Crippen LogP contribution < -0.4 is 36.0 Å². The van der Waals surface area contributed by atoms with E-state index in [1.54, 1.807) is 0 Å². The van der Waals surface area contributed by atoms with Crippen molar-refractivity contribution in [2.75, 3.05) is 19.6 Å². The molecule has 4 aliphatic heterocycles. The molecule has 1 aromatic heterocycles. The molecule has 0 N–H and O–H groups in total. The summed E-state index contributed by atoms with van der Waals surface area (Å²) in [6, 6.07) is 166. The number of furan rings is 1. The van der Waals surface area contributed by atoms with Gasteiger partial charge in [0.25, 0.3) is 6.71 Å². The van der Waals surface area contributed by atoms with Gasteiger partial charge in [-0.05, 0) is 265 Å². The molecule has 5 nitrogen and oxygen atoms in total. The first-order chi connectivity index (χ1) is 66.2. The van der Waals surface area contributed by atoms with Crippen LogP contribution >= 0.6 is 0 Å². The summed E-state index contributed by atoms with van der Waals surface area (Å²) < 4.78 is 6.82. The molecule has 0 radical (unpaired) electrons. The second kappa shape index (κ2) is 29.9. The highest BCUT2D eigenvalue weighted by atomic mass is 16.3. The lowest BCUT2D eigenvalue weighted by atomic mass is 9.33. The Hall–Kier alpha value is -15.8. The molecule has 0 saturated carbocycles. The Morgan fingerprint density at radius 2 is 0.566 bits per heavy atom. The van der Waals surface area contributed by atoms with Crippen LogP contribution in [0.15, 0.2) is 435 Å². The number of rotatable bonds is 11. The van der Waals surface area contributed by atoms with Crippen LogP contribution in [0.25, 0.3) is 77.6 Å². The summed E-state index contributed by atoms with van der Waals surface area (Å²) in [6.45, 7) is 23.5. The molecule has 0 bridgehead atoms. The highest BCUT2D eigenvalue weighted by Gasteiger charge is 2.51. The molecule has 0 atom stereocenters. The van der Waals surface area contributed by atoms with Gasteiger partial charge in [-0.25, -0.2) is 0 Å². The van der Waals surface area contributed by atoms with Crippen molar-refractivity contribution in [3.8, 4) is 55.6 Å². The van der Waals surface area contributed by atoms with E-state index in [2.05, 4.69) is 520 Å². The van der Waals surface area contributed by atoms with Crippen molar-refractivity contribution < 1.29 is 4.42 Å². The normalized spacial score (nSPS) is 15.0. The SMILES string of the molecule is CC(C)(C)c1ccc(N2c3cc(N4c5ccccc5C(C)(C)c5ccccc54)ccc3B3c4ccc(N5c6ccccc6C(C)(C)c6ccccc65)cc4N(c4ccc(C(C)(C)C)cc4-c4ccc5c(c4)-c4ccccc4C5(c4ccccc4)c4ccccc4)c4cc(-c5ccc6oc7ccccc7c6c5)cc2c43)c(-c2ccc3c(c2)-c2ccccc2C3(c2ccccc2)c2ccccc2)c1. The zero-order chi connectivity index (χ0) is 91.6. The minimum Gasteiger partial charge on any atom is -0.456 e. The first-order valence-electron chi connectivity index (χ1n) is 48.2. The molecule has 6 aliphatic rings. The third-order valence-electron chi connectivity index (χ3n) is 31.3. The summed E-state index contributed by atoms with van der Waals surface area (Å²) in [5.74, 6) is 0.